The third kappa shape index (κ3) is 3.28. The number of para-hydroxylation sites is 1. The van der Waals surface area contributed by atoms with Gasteiger partial charge >= 0.3 is 0 Å². The molecule has 1 aliphatic carbocycles. The number of hydrogen-bond acceptors (Lipinski definition) is 3. The molecule has 5 heteroatoms. The van der Waals surface area contributed by atoms with Crippen LogP contribution in [0.5, 0.6) is 5.75 Å². The van der Waals surface area contributed by atoms with Gasteiger partial charge in [-0.3, -0.25) is 4.79 Å². The van der Waals surface area contributed by atoms with Gasteiger partial charge in [0.2, 0.25) is 5.91 Å². The maximum Gasteiger partial charge on any atom is 0.242 e. The van der Waals surface area contributed by atoms with E-state index in [9.17, 15) is 9.18 Å². The first-order chi connectivity index (χ1) is 9.53. The van der Waals surface area contributed by atoms with Crippen LogP contribution in [0.15, 0.2) is 24.3 Å². The Hall–Kier alpha value is -1.62. The number of amides is 1. The average molecular weight is 280 g/mol. The van der Waals surface area contributed by atoms with Crippen molar-refractivity contribution in [2.24, 2.45) is 5.73 Å². The maximum atomic E-state index is 13.4. The Morgan fingerprint density at radius 3 is 2.70 bits per heavy atom. The summed E-state index contributed by atoms with van der Waals surface area (Å²) in [6.45, 7) is 0.644. The van der Waals surface area contributed by atoms with E-state index in [0.717, 1.165) is 25.7 Å². The van der Waals surface area contributed by atoms with Crippen LogP contribution in [0.2, 0.25) is 0 Å². The Morgan fingerprint density at radius 2 is 2.05 bits per heavy atom. The molecule has 1 aliphatic rings. The lowest BCUT2D eigenvalue weighted by Gasteiger charge is -2.28. The van der Waals surface area contributed by atoms with E-state index in [1.54, 1.807) is 30.1 Å². The van der Waals surface area contributed by atoms with Gasteiger partial charge in [0.1, 0.15) is 6.61 Å². The van der Waals surface area contributed by atoms with Crippen molar-refractivity contribution in [1.29, 1.82) is 0 Å². The zero-order chi connectivity index (χ0) is 14.6. The molecule has 0 unspecified atom stereocenters. The number of carbonyl (C=O) groups excluding carboxylic acids is 1. The lowest BCUT2D eigenvalue weighted by Crippen LogP contribution is -2.53. The predicted molar refractivity (Wildman–Crippen MR) is 74.9 cm³/mol. The number of benzene rings is 1. The van der Waals surface area contributed by atoms with E-state index < -0.39 is 11.4 Å². The van der Waals surface area contributed by atoms with Crippen LogP contribution in [0.1, 0.15) is 25.7 Å². The van der Waals surface area contributed by atoms with Crippen molar-refractivity contribution in [3.05, 3.63) is 30.1 Å². The molecule has 1 amide bonds. The molecule has 2 rings (SSSR count). The molecule has 0 saturated heterocycles. The van der Waals surface area contributed by atoms with E-state index in [2.05, 4.69) is 0 Å². The summed E-state index contributed by atoms with van der Waals surface area (Å²) in [4.78, 5) is 13.8. The molecular weight excluding hydrogens is 259 g/mol. The smallest absolute Gasteiger partial charge is 0.242 e. The van der Waals surface area contributed by atoms with Crippen LogP contribution in [0.3, 0.4) is 0 Å². The minimum atomic E-state index is -0.716. The molecule has 4 nitrogen and oxygen atoms in total. The van der Waals surface area contributed by atoms with Crippen LogP contribution < -0.4 is 10.5 Å². The summed E-state index contributed by atoms with van der Waals surface area (Å²) < 4.78 is 18.7. The summed E-state index contributed by atoms with van der Waals surface area (Å²) in [5, 5.41) is 0. The second-order valence-electron chi connectivity index (χ2n) is 5.37. The number of nitrogens with two attached hydrogens (primary N) is 1. The van der Waals surface area contributed by atoms with Gasteiger partial charge in [0.05, 0.1) is 12.1 Å². The number of carbonyl (C=O) groups is 1. The highest BCUT2D eigenvalue weighted by atomic mass is 19.1. The molecule has 1 fully saturated rings. The zero-order valence-electron chi connectivity index (χ0n) is 11.8. The normalized spacial score (nSPS) is 16.9. The van der Waals surface area contributed by atoms with E-state index >= 15 is 0 Å². The molecule has 0 spiro atoms. The summed E-state index contributed by atoms with van der Waals surface area (Å²) in [7, 11) is 1.71. The molecule has 1 aromatic carbocycles. The van der Waals surface area contributed by atoms with E-state index in [1.807, 2.05) is 0 Å². The molecule has 20 heavy (non-hydrogen) atoms. The molecule has 0 aromatic heterocycles. The van der Waals surface area contributed by atoms with Crippen LogP contribution in [-0.2, 0) is 4.79 Å². The quantitative estimate of drug-likeness (QED) is 0.896. The molecule has 0 heterocycles. The first-order valence-electron chi connectivity index (χ1n) is 6.95. The van der Waals surface area contributed by atoms with Crippen molar-refractivity contribution < 1.29 is 13.9 Å². The lowest BCUT2D eigenvalue weighted by molar-refractivity contribution is -0.135. The minimum Gasteiger partial charge on any atom is -0.489 e. The fourth-order valence-corrected chi connectivity index (χ4v) is 2.56. The lowest BCUT2D eigenvalue weighted by atomic mass is 9.97. The molecule has 0 bridgehead atoms. The number of hydrogen-bond donors (Lipinski definition) is 1. The van der Waals surface area contributed by atoms with E-state index in [4.69, 9.17) is 10.5 Å². The summed E-state index contributed by atoms with van der Waals surface area (Å²) in [5.74, 6) is -0.239. The summed E-state index contributed by atoms with van der Waals surface area (Å²) in [6.07, 6.45) is 3.48. The van der Waals surface area contributed by atoms with Crippen molar-refractivity contribution in [1.82, 2.24) is 4.90 Å². The highest BCUT2D eigenvalue weighted by molar-refractivity contribution is 5.86. The van der Waals surface area contributed by atoms with Gasteiger partial charge in [-0.2, -0.15) is 0 Å². The number of likely N-dealkylation sites (N-methyl/N-ethyl adjacent to an activating group) is 1. The van der Waals surface area contributed by atoms with Gasteiger partial charge in [0, 0.05) is 7.05 Å². The Labute approximate surface area is 118 Å². The van der Waals surface area contributed by atoms with Crippen molar-refractivity contribution in [2.75, 3.05) is 20.2 Å². The number of ether oxygens (including phenoxy) is 1. The fraction of sp³-hybridized carbons (Fsp3) is 0.533. The van der Waals surface area contributed by atoms with Gasteiger partial charge in [-0.25, -0.2) is 4.39 Å². The molecule has 1 aromatic rings. The van der Waals surface area contributed by atoms with E-state index in [0.29, 0.717) is 6.54 Å². The number of nitrogens with zero attached hydrogens (tertiary/aromatic N) is 1. The standard InChI is InChI=1S/C15H21FN2O2/c1-18(14(19)15(17)8-4-5-9-15)10-11-20-13-7-3-2-6-12(13)16/h2-3,6-7H,4-5,8-11,17H2,1H3. The first-order valence-corrected chi connectivity index (χ1v) is 6.95. The van der Waals surface area contributed by atoms with Gasteiger partial charge < -0.3 is 15.4 Å². The molecule has 0 atom stereocenters. The molecule has 110 valence electrons. The van der Waals surface area contributed by atoms with E-state index in [-0.39, 0.29) is 18.3 Å². The Kier molecular flexibility index (Phi) is 4.60. The molecule has 0 aliphatic heterocycles. The van der Waals surface area contributed by atoms with Crippen molar-refractivity contribution in [3.63, 3.8) is 0 Å². The highest BCUT2D eigenvalue weighted by Gasteiger charge is 2.38. The van der Waals surface area contributed by atoms with Gasteiger partial charge in [0.15, 0.2) is 11.6 Å². The molecule has 1 saturated carbocycles. The van der Waals surface area contributed by atoms with Gasteiger partial charge in [0.25, 0.3) is 0 Å². The second-order valence-corrected chi connectivity index (χ2v) is 5.37. The first kappa shape index (κ1) is 14.8. The van der Waals surface area contributed by atoms with Gasteiger partial charge in [-0.1, -0.05) is 25.0 Å². The fourth-order valence-electron chi connectivity index (χ4n) is 2.56. The van der Waals surface area contributed by atoms with Crippen LogP contribution in [-0.4, -0.2) is 36.5 Å². The second kappa shape index (κ2) is 6.22. The van der Waals surface area contributed by atoms with Crippen LogP contribution in [0.25, 0.3) is 0 Å². The number of rotatable bonds is 5. The van der Waals surface area contributed by atoms with Gasteiger partial charge in [-0.05, 0) is 25.0 Å². The van der Waals surface area contributed by atoms with Crippen LogP contribution >= 0.6 is 0 Å². The third-order valence-electron chi connectivity index (χ3n) is 3.79. The van der Waals surface area contributed by atoms with Crippen molar-refractivity contribution in [2.45, 2.75) is 31.2 Å². The molecule has 0 radical (unpaired) electrons. The molecular formula is C15H21FN2O2. The Balaban J connectivity index is 1.82. The van der Waals surface area contributed by atoms with Crippen LogP contribution in [0, 0.1) is 5.82 Å². The topological polar surface area (TPSA) is 55.6 Å². The molecule has 2 N–H and O–H groups in total. The predicted octanol–water partition coefficient (Wildman–Crippen LogP) is 1.93. The minimum absolute atomic E-state index is 0.0490. The maximum absolute atomic E-state index is 13.4. The number of halogens is 1. The summed E-state index contributed by atoms with van der Waals surface area (Å²) in [5.41, 5.74) is 5.40. The average Bonchev–Trinajstić information content (AvgIpc) is 2.88. The third-order valence-corrected chi connectivity index (χ3v) is 3.79. The van der Waals surface area contributed by atoms with Crippen LogP contribution in [0.4, 0.5) is 4.39 Å². The summed E-state index contributed by atoms with van der Waals surface area (Å²) >= 11 is 0. The zero-order valence-corrected chi connectivity index (χ0v) is 11.8. The van der Waals surface area contributed by atoms with Crippen molar-refractivity contribution in [3.8, 4) is 5.75 Å². The Morgan fingerprint density at radius 1 is 1.40 bits per heavy atom. The highest BCUT2D eigenvalue weighted by Crippen LogP contribution is 2.28. The Bertz CT molecular complexity index is 473. The van der Waals surface area contributed by atoms with Gasteiger partial charge in [-0.15, -0.1) is 0 Å². The largest absolute Gasteiger partial charge is 0.489 e. The van der Waals surface area contributed by atoms with E-state index in [1.165, 1.54) is 6.07 Å². The monoisotopic (exact) mass is 280 g/mol. The summed E-state index contributed by atoms with van der Waals surface area (Å²) in [6, 6.07) is 6.23. The SMILES string of the molecule is CN(CCOc1ccccc1F)C(=O)C1(N)CCCC1. The van der Waals surface area contributed by atoms with Crippen molar-refractivity contribution >= 4 is 5.91 Å².